The Balaban J connectivity index is 1.48. The Bertz CT molecular complexity index is 667. The Hall–Kier alpha value is -1.92. The first-order chi connectivity index (χ1) is 10.7. The summed E-state index contributed by atoms with van der Waals surface area (Å²) in [6, 6.07) is 8.53. The summed E-state index contributed by atoms with van der Waals surface area (Å²) in [6.07, 6.45) is 0.215. The molecule has 0 N–H and O–H groups in total. The lowest BCUT2D eigenvalue weighted by Gasteiger charge is -2.26. The number of nitrogens with zero attached hydrogens (tertiary/aromatic N) is 4. The number of rotatable bonds is 3. The molecule has 1 saturated heterocycles. The highest BCUT2D eigenvalue weighted by atomic mass is 16.5. The highest BCUT2D eigenvalue weighted by Crippen LogP contribution is 2.32. The maximum absolute atomic E-state index is 6.01. The van der Waals surface area contributed by atoms with E-state index >= 15 is 0 Å². The average molecular weight is 300 g/mol. The van der Waals surface area contributed by atoms with E-state index in [9.17, 15) is 0 Å². The van der Waals surface area contributed by atoms with E-state index in [1.165, 1.54) is 5.56 Å². The van der Waals surface area contributed by atoms with Crippen LogP contribution in [0.5, 0.6) is 5.75 Å². The van der Waals surface area contributed by atoms with Gasteiger partial charge in [-0.15, -0.1) is 5.10 Å². The first kappa shape index (κ1) is 13.7. The molecule has 2 aromatic rings. The van der Waals surface area contributed by atoms with Gasteiger partial charge in [-0.2, -0.15) is 0 Å². The van der Waals surface area contributed by atoms with E-state index < -0.39 is 0 Å². The van der Waals surface area contributed by atoms with Gasteiger partial charge in [0.1, 0.15) is 5.75 Å². The number of aromatic nitrogens is 3. The van der Waals surface area contributed by atoms with E-state index in [0.717, 1.165) is 36.8 Å². The van der Waals surface area contributed by atoms with Gasteiger partial charge in [-0.1, -0.05) is 17.3 Å². The molecule has 2 atom stereocenters. The third-order valence-electron chi connectivity index (χ3n) is 4.61. The van der Waals surface area contributed by atoms with Crippen molar-refractivity contribution in [3.05, 3.63) is 41.2 Å². The zero-order valence-electron chi connectivity index (χ0n) is 12.9. The van der Waals surface area contributed by atoms with Crippen molar-refractivity contribution in [2.75, 3.05) is 20.2 Å². The fourth-order valence-corrected chi connectivity index (χ4v) is 3.37. The Labute approximate surface area is 129 Å². The Morgan fingerprint density at radius 2 is 2.09 bits per heavy atom. The molecule has 0 radical (unpaired) electrons. The third-order valence-corrected chi connectivity index (χ3v) is 4.61. The maximum atomic E-state index is 6.01. The number of benzene rings is 1. The van der Waals surface area contributed by atoms with Crippen molar-refractivity contribution in [3.63, 3.8) is 0 Å². The van der Waals surface area contributed by atoms with Crippen molar-refractivity contribution in [3.8, 4) is 5.75 Å². The largest absolute Gasteiger partial charge is 0.497 e. The summed E-state index contributed by atoms with van der Waals surface area (Å²) in [7, 11) is 1.69. The van der Waals surface area contributed by atoms with Crippen LogP contribution in [0.2, 0.25) is 0 Å². The molecular formula is C16H20N4O2. The molecule has 6 heteroatoms. The topological polar surface area (TPSA) is 52.4 Å². The van der Waals surface area contributed by atoms with Gasteiger partial charge in [0.2, 0.25) is 0 Å². The van der Waals surface area contributed by atoms with Gasteiger partial charge in [-0.3, -0.25) is 4.90 Å². The van der Waals surface area contributed by atoms with Crippen molar-refractivity contribution in [1.82, 2.24) is 19.9 Å². The lowest BCUT2D eigenvalue weighted by atomic mass is 10.1. The van der Waals surface area contributed by atoms with Crippen molar-refractivity contribution >= 4 is 0 Å². The number of fused-ring (bicyclic) bond motifs is 3. The first-order valence-corrected chi connectivity index (χ1v) is 7.62. The van der Waals surface area contributed by atoms with E-state index in [1.54, 1.807) is 7.11 Å². The number of ether oxygens (including phenoxy) is 2. The molecule has 0 spiro atoms. The summed E-state index contributed by atoms with van der Waals surface area (Å²) in [5.41, 5.74) is 3.38. The second-order valence-corrected chi connectivity index (χ2v) is 6.03. The minimum atomic E-state index is 0.215. The molecular weight excluding hydrogens is 280 g/mol. The minimum Gasteiger partial charge on any atom is -0.497 e. The number of hydrogen-bond donors (Lipinski definition) is 0. The molecule has 2 aliphatic rings. The molecule has 1 aromatic heterocycles. The van der Waals surface area contributed by atoms with E-state index in [1.807, 2.05) is 19.1 Å². The summed E-state index contributed by atoms with van der Waals surface area (Å²) in [5.74, 6) is 0.893. The van der Waals surface area contributed by atoms with Crippen LogP contribution >= 0.6 is 0 Å². The van der Waals surface area contributed by atoms with Gasteiger partial charge in [0.25, 0.3) is 0 Å². The first-order valence-electron chi connectivity index (χ1n) is 7.62. The van der Waals surface area contributed by atoms with Gasteiger partial charge < -0.3 is 9.47 Å². The lowest BCUT2D eigenvalue weighted by Crippen LogP contribution is -2.32. The van der Waals surface area contributed by atoms with Crippen LogP contribution in [0.3, 0.4) is 0 Å². The molecule has 0 unspecified atom stereocenters. The van der Waals surface area contributed by atoms with Gasteiger partial charge in [0, 0.05) is 19.6 Å². The standard InChI is InChI=1S/C16H20N4O2/c1-11-15-10-22-16-9-19(8-14(16)20(15)18-17-11)7-12-3-5-13(21-2)6-4-12/h3-6,14,16H,7-10H2,1-2H3/t14-,16-/m0/s1. The van der Waals surface area contributed by atoms with Gasteiger partial charge in [-0.05, 0) is 24.6 Å². The van der Waals surface area contributed by atoms with E-state index in [-0.39, 0.29) is 12.1 Å². The molecule has 22 heavy (non-hydrogen) atoms. The van der Waals surface area contributed by atoms with Crippen LogP contribution in [-0.2, 0) is 17.9 Å². The maximum Gasteiger partial charge on any atom is 0.118 e. The zero-order valence-corrected chi connectivity index (χ0v) is 12.9. The SMILES string of the molecule is COc1ccc(CN2C[C@@H]3OCc4c(C)nnn4[C@H]3C2)cc1. The quantitative estimate of drug-likeness (QED) is 0.861. The molecule has 116 valence electrons. The minimum absolute atomic E-state index is 0.215. The number of hydrogen-bond acceptors (Lipinski definition) is 5. The van der Waals surface area contributed by atoms with Gasteiger partial charge in [0.05, 0.1) is 37.3 Å². The number of methoxy groups -OCH3 is 1. The fraction of sp³-hybridized carbons (Fsp3) is 0.500. The Morgan fingerprint density at radius 3 is 2.86 bits per heavy atom. The average Bonchev–Trinajstić information content (AvgIpc) is 3.11. The molecule has 6 nitrogen and oxygen atoms in total. The van der Waals surface area contributed by atoms with Crippen molar-refractivity contribution in [2.45, 2.75) is 32.2 Å². The molecule has 0 saturated carbocycles. The van der Waals surface area contributed by atoms with Crippen molar-refractivity contribution in [1.29, 1.82) is 0 Å². The van der Waals surface area contributed by atoms with Crippen molar-refractivity contribution in [2.24, 2.45) is 0 Å². The van der Waals surface area contributed by atoms with E-state index in [2.05, 4.69) is 32.0 Å². The molecule has 1 aromatic carbocycles. The second kappa shape index (κ2) is 5.37. The Kier molecular flexibility index (Phi) is 3.35. The summed E-state index contributed by atoms with van der Waals surface area (Å²) < 4.78 is 13.3. The molecule has 2 aliphatic heterocycles. The molecule has 3 heterocycles. The lowest BCUT2D eigenvalue weighted by molar-refractivity contribution is -0.00549. The van der Waals surface area contributed by atoms with Crippen LogP contribution in [0.1, 0.15) is 23.0 Å². The van der Waals surface area contributed by atoms with Gasteiger partial charge >= 0.3 is 0 Å². The summed E-state index contributed by atoms with van der Waals surface area (Å²) in [6.45, 7) is 5.42. The predicted octanol–water partition coefficient (Wildman–Crippen LogP) is 1.55. The van der Waals surface area contributed by atoms with Crippen molar-refractivity contribution < 1.29 is 9.47 Å². The molecule has 1 fully saturated rings. The summed E-state index contributed by atoms with van der Waals surface area (Å²) in [4.78, 5) is 2.42. The highest BCUT2D eigenvalue weighted by molar-refractivity contribution is 5.27. The monoisotopic (exact) mass is 300 g/mol. The van der Waals surface area contributed by atoms with Crippen LogP contribution in [0, 0.1) is 6.92 Å². The fourth-order valence-electron chi connectivity index (χ4n) is 3.37. The summed E-state index contributed by atoms with van der Waals surface area (Å²) >= 11 is 0. The number of aryl methyl sites for hydroxylation is 1. The van der Waals surface area contributed by atoms with E-state index in [4.69, 9.17) is 9.47 Å². The predicted molar refractivity (Wildman–Crippen MR) is 80.6 cm³/mol. The molecule has 0 aliphatic carbocycles. The van der Waals surface area contributed by atoms with Crippen LogP contribution < -0.4 is 4.74 Å². The van der Waals surface area contributed by atoms with Gasteiger partial charge in [0.15, 0.2) is 0 Å². The Morgan fingerprint density at radius 1 is 1.27 bits per heavy atom. The molecule has 0 amide bonds. The third kappa shape index (κ3) is 2.28. The van der Waals surface area contributed by atoms with E-state index in [0.29, 0.717) is 6.61 Å². The summed E-state index contributed by atoms with van der Waals surface area (Å²) in [5, 5.41) is 8.49. The normalized spacial score (nSPS) is 24.1. The zero-order chi connectivity index (χ0) is 15.1. The van der Waals surface area contributed by atoms with Crippen LogP contribution in [0.25, 0.3) is 0 Å². The van der Waals surface area contributed by atoms with Crippen LogP contribution in [-0.4, -0.2) is 46.2 Å². The van der Waals surface area contributed by atoms with Gasteiger partial charge in [-0.25, -0.2) is 4.68 Å². The molecule has 4 rings (SSSR count). The smallest absolute Gasteiger partial charge is 0.118 e. The second-order valence-electron chi connectivity index (χ2n) is 6.03. The van der Waals surface area contributed by atoms with Crippen LogP contribution in [0.15, 0.2) is 24.3 Å². The molecule has 0 bridgehead atoms. The van der Waals surface area contributed by atoms with Crippen LogP contribution in [0.4, 0.5) is 0 Å². The highest BCUT2D eigenvalue weighted by Gasteiger charge is 2.39. The number of likely N-dealkylation sites (tertiary alicyclic amines) is 1.